The van der Waals surface area contributed by atoms with Crippen molar-refractivity contribution in [3.63, 3.8) is 0 Å². The number of nitrogens with zero attached hydrogens (tertiary/aromatic N) is 2. The number of hydrogen-bond donors (Lipinski definition) is 1. The first kappa shape index (κ1) is 15.8. The molecule has 2 rings (SSSR count). The van der Waals surface area contributed by atoms with Gasteiger partial charge in [-0.3, -0.25) is 4.90 Å². The molecule has 1 N–H and O–H groups in total. The third kappa shape index (κ3) is 3.98. The van der Waals surface area contributed by atoms with Gasteiger partial charge in [0.25, 0.3) is 0 Å². The van der Waals surface area contributed by atoms with Gasteiger partial charge in [-0.15, -0.1) is 11.8 Å². The molecular formula is C16H26N2OS. The highest BCUT2D eigenvalue weighted by Gasteiger charge is 2.32. The highest BCUT2D eigenvalue weighted by Crippen LogP contribution is 2.27. The van der Waals surface area contributed by atoms with Crippen LogP contribution in [0.1, 0.15) is 5.56 Å². The van der Waals surface area contributed by atoms with E-state index >= 15 is 0 Å². The normalized spacial score (nSPS) is 23.6. The zero-order valence-corrected chi connectivity index (χ0v) is 13.6. The van der Waals surface area contributed by atoms with Crippen LogP contribution in [0.5, 0.6) is 0 Å². The SMILES string of the molecule is CSc1ccccc1CN1C[C@@H](CN(C)C)[C@@H](CO)C1. The molecule has 3 nitrogen and oxygen atoms in total. The molecule has 1 saturated heterocycles. The molecule has 0 radical (unpaired) electrons. The minimum atomic E-state index is 0.305. The molecule has 0 saturated carbocycles. The van der Waals surface area contributed by atoms with Gasteiger partial charge in [0.1, 0.15) is 0 Å². The Morgan fingerprint density at radius 1 is 1.25 bits per heavy atom. The van der Waals surface area contributed by atoms with Crippen LogP contribution >= 0.6 is 11.8 Å². The van der Waals surface area contributed by atoms with Crippen LogP contribution in [0.25, 0.3) is 0 Å². The van der Waals surface area contributed by atoms with Crippen molar-refractivity contribution in [1.82, 2.24) is 9.80 Å². The minimum absolute atomic E-state index is 0.305. The van der Waals surface area contributed by atoms with E-state index in [9.17, 15) is 5.11 Å². The summed E-state index contributed by atoms with van der Waals surface area (Å²) >= 11 is 1.81. The van der Waals surface area contributed by atoms with Crippen LogP contribution in [-0.2, 0) is 6.54 Å². The van der Waals surface area contributed by atoms with Gasteiger partial charge in [-0.1, -0.05) is 18.2 Å². The standard InChI is InChI=1S/C16H26N2OS/c1-17(2)8-14-10-18(11-15(14)12-19)9-13-6-4-5-7-16(13)20-3/h4-7,14-15,19H,8-12H2,1-3H3/t14-,15-/m1/s1. The topological polar surface area (TPSA) is 26.7 Å². The average molecular weight is 294 g/mol. The van der Waals surface area contributed by atoms with Gasteiger partial charge < -0.3 is 10.0 Å². The number of aliphatic hydroxyl groups excluding tert-OH is 1. The van der Waals surface area contributed by atoms with Crippen LogP contribution in [0.4, 0.5) is 0 Å². The van der Waals surface area contributed by atoms with Gasteiger partial charge in [0.15, 0.2) is 0 Å². The Hall–Kier alpha value is -0.550. The number of rotatable bonds is 6. The number of hydrogen-bond acceptors (Lipinski definition) is 4. The second-order valence-corrected chi connectivity index (χ2v) is 6.82. The zero-order chi connectivity index (χ0) is 14.5. The molecule has 0 aliphatic carbocycles. The quantitative estimate of drug-likeness (QED) is 0.812. The Labute approximate surface area is 127 Å². The summed E-state index contributed by atoms with van der Waals surface area (Å²) in [7, 11) is 4.22. The smallest absolute Gasteiger partial charge is 0.0475 e. The van der Waals surface area contributed by atoms with Crippen LogP contribution in [0.2, 0.25) is 0 Å². The van der Waals surface area contributed by atoms with Crippen molar-refractivity contribution in [3.05, 3.63) is 29.8 Å². The van der Waals surface area contributed by atoms with Crippen molar-refractivity contribution in [1.29, 1.82) is 0 Å². The van der Waals surface area contributed by atoms with E-state index in [4.69, 9.17) is 0 Å². The summed E-state index contributed by atoms with van der Waals surface area (Å²) in [5.41, 5.74) is 1.40. The van der Waals surface area contributed by atoms with Crippen LogP contribution in [0.15, 0.2) is 29.2 Å². The summed E-state index contributed by atoms with van der Waals surface area (Å²) in [6, 6.07) is 8.63. The van der Waals surface area contributed by atoms with Crippen LogP contribution in [0.3, 0.4) is 0 Å². The van der Waals surface area contributed by atoms with E-state index in [0.717, 1.165) is 26.2 Å². The van der Waals surface area contributed by atoms with E-state index in [1.54, 1.807) is 0 Å². The van der Waals surface area contributed by atoms with Crippen molar-refractivity contribution in [2.45, 2.75) is 11.4 Å². The van der Waals surface area contributed by atoms with Crippen molar-refractivity contribution in [2.24, 2.45) is 11.8 Å². The van der Waals surface area contributed by atoms with E-state index in [2.05, 4.69) is 54.4 Å². The summed E-state index contributed by atoms with van der Waals surface area (Å²) in [6.07, 6.45) is 2.13. The summed E-state index contributed by atoms with van der Waals surface area (Å²) in [5.74, 6) is 0.996. The summed E-state index contributed by atoms with van der Waals surface area (Å²) < 4.78 is 0. The molecule has 1 heterocycles. The molecule has 20 heavy (non-hydrogen) atoms. The zero-order valence-electron chi connectivity index (χ0n) is 12.7. The fourth-order valence-corrected chi connectivity index (χ4v) is 3.73. The first-order valence-corrected chi connectivity index (χ1v) is 8.46. The largest absolute Gasteiger partial charge is 0.396 e. The summed E-state index contributed by atoms with van der Waals surface area (Å²) in [6.45, 7) is 4.46. The predicted molar refractivity (Wildman–Crippen MR) is 86.1 cm³/mol. The van der Waals surface area contributed by atoms with E-state index in [1.165, 1.54) is 10.5 Å². The maximum atomic E-state index is 9.58. The van der Waals surface area contributed by atoms with E-state index < -0.39 is 0 Å². The van der Waals surface area contributed by atoms with E-state index in [-0.39, 0.29) is 0 Å². The van der Waals surface area contributed by atoms with Gasteiger partial charge in [-0.05, 0) is 43.8 Å². The Bertz CT molecular complexity index is 425. The molecule has 1 aliphatic heterocycles. The lowest BCUT2D eigenvalue weighted by atomic mass is 9.97. The molecule has 1 fully saturated rings. The Balaban J connectivity index is 2.00. The molecule has 1 aliphatic rings. The van der Waals surface area contributed by atoms with Gasteiger partial charge >= 0.3 is 0 Å². The van der Waals surface area contributed by atoms with Crippen molar-refractivity contribution >= 4 is 11.8 Å². The monoisotopic (exact) mass is 294 g/mol. The lowest BCUT2D eigenvalue weighted by molar-refractivity contribution is 0.183. The molecule has 2 atom stereocenters. The van der Waals surface area contributed by atoms with Gasteiger partial charge in [0.05, 0.1) is 0 Å². The fraction of sp³-hybridized carbons (Fsp3) is 0.625. The predicted octanol–water partition coefficient (Wildman–Crippen LogP) is 2.01. The maximum Gasteiger partial charge on any atom is 0.0475 e. The van der Waals surface area contributed by atoms with Crippen molar-refractivity contribution in [3.8, 4) is 0 Å². The van der Waals surface area contributed by atoms with Gasteiger partial charge in [-0.25, -0.2) is 0 Å². The van der Waals surface area contributed by atoms with Crippen LogP contribution in [0, 0.1) is 11.8 Å². The molecule has 112 valence electrons. The van der Waals surface area contributed by atoms with E-state index in [0.29, 0.717) is 18.4 Å². The molecule has 0 aromatic heterocycles. The second kappa shape index (κ2) is 7.46. The third-order valence-electron chi connectivity index (χ3n) is 4.07. The maximum absolute atomic E-state index is 9.58. The highest BCUT2D eigenvalue weighted by molar-refractivity contribution is 7.98. The highest BCUT2D eigenvalue weighted by atomic mass is 32.2. The van der Waals surface area contributed by atoms with Crippen LogP contribution < -0.4 is 0 Å². The van der Waals surface area contributed by atoms with Gasteiger partial charge in [0.2, 0.25) is 0 Å². The van der Waals surface area contributed by atoms with Crippen LogP contribution in [-0.4, -0.2) is 61.5 Å². The Kier molecular flexibility index (Phi) is 5.90. The number of aliphatic hydroxyl groups is 1. The summed E-state index contributed by atoms with van der Waals surface area (Å²) in [4.78, 5) is 6.08. The first-order chi connectivity index (χ1) is 9.63. The average Bonchev–Trinajstić information content (AvgIpc) is 2.80. The molecule has 0 bridgehead atoms. The molecule has 0 spiro atoms. The Morgan fingerprint density at radius 3 is 2.60 bits per heavy atom. The van der Waals surface area contributed by atoms with E-state index in [1.807, 2.05) is 11.8 Å². The lowest BCUT2D eigenvalue weighted by Gasteiger charge is -2.20. The third-order valence-corrected chi connectivity index (χ3v) is 4.91. The second-order valence-electron chi connectivity index (χ2n) is 5.97. The van der Waals surface area contributed by atoms with Crippen molar-refractivity contribution < 1.29 is 5.11 Å². The molecule has 0 amide bonds. The first-order valence-electron chi connectivity index (χ1n) is 7.24. The molecule has 1 aromatic rings. The molecule has 1 aromatic carbocycles. The summed E-state index contributed by atoms with van der Waals surface area (Å²) in [5, 5.41) is 9.58. The lowest BCUT2D eigenvalue weighted by Crippen LogP contribution is -2.28. The van der Waals surface area contributed by atoms with Crippen molar-refractivity contribution in [2.75, 3.05) is 46.6 Å². The molecule has 4 heteroatoms. The minimum Gasteiger partial charge on any atom is -0.396 e. The number of likely N-dealkylation sites (tertiary alicyclic amines) is 1. The number of thioether (sulfide) groups is 1. The Morgan fingerprint density at radius 2 is 1.95 bits per heavy atom. The van der Waals surface area contributed by atoms with Gasteiger partial charge in [0, 0.05) is 37.7 Å². The fourth-order valence-electron chi connectivity index (χ4n) is 3.12. The number of benzene rings is 1. The molecule has 0 unspecified atom stereocenters. The molecular weight excluding hydrogens is 268 g/mol. The van der Waals surface area contributed by atoms with Gasteiger partial charge in [-0.2, -0.15) is 0 Å².